The Morgan fingerprint density at radius 2 is 2.21 bits per heavy atom. The Bertz CT molecular complexity index is 164. The third-order valence-electron chi connectivity index (χ3n) is 2.38. The summed E-state index contributed by atoms with van der Waals surface area (Å²) >= 11 is 1.83. The standard InChI is InChI=1S/C10H22N2OS/c1-9(6-8-14-4)12(3)10(13)5-7-11-2/h9,11H,5-8H2,1-4H3. The molecule has 14 heavy (non-hydrogen) atoms. The normalized spacial score (nSPS) is 12.6. The van der Waals surface area contributed by atoms with Crippen molar-refractivity contribution in [2.24, 2.45) is 0 Å². The highest BCUT2D eigenvalue weighted by molar-refractivity contribution is 7.98. The van der Waals surface area contributed by atoms with Crippen molar-refractivity contribution in [2.45, 2.75) is 25.8 Å². The van der Waals surface area contributed by atoms with E-state index in [0.717, 1.165) is 18.7 Å². The van der Waals surface area contributed by atoms with Crippen molar-refractivity contribution in [3.8, 4) is 0 Å². The highest BCUT2D eigenvalue weighted by Crippen LogP contribution is 2.06. The first-order valence-electron chi connectivity index (χ1n) is 5.02. The lowest BCUT2D eigenvalue weighted by molar-refractivity contribution is -0.131. The van der Waals surface area contributed by atoms with Gasteiger partial charge >= 0.3 is 0 Å². The number of hydrogen-bond donors (Lipinski definition) is 1. The van der Waals surface area contributed by atoms with Gasteiger partial charge in [-0.25, -0.2) is 0 Å². The number of amides is 1. The molecule has 0 aromatic rings. The maximum absolute atomic E-state index is 11.6. The van der Waals surface area contributed by atoms with Crippen LogP contribution in [0.25, 0.3) is 0 Å². The van der Waals surface area contributed by atoms with Gasteiger partial charge in [0.15, 0.2) is 0 Å². The van der Waals surface area contributed by atoms with Crippen molar-refractivity contribution >= 4 is 17.7 Å². The number of hydrogen-bond acceptors (Lipinski definition) is 3. The molecule has 0 aromatic heterocycles. The van der Waals surface area contributed by atoms with Gasteiger partial charge in [-0.3, -0.25) is 4.79 Å². The summed E-state index contributed by atoms with van der Waals surface area (Å²) in [6, 6.07) is 0.354. The van der Waals surface area contributed by atoms with Crippen molar-refractivity contribution in [1.29, 1.82) is 0 Å². The minimum absolute atomic E-state index is 0.230. The molecule has 0 aromatic carbocycles. The fourth-order valence-corrected chi connectivity index (χ4v) is 1.71. The molecule has 0 saturated heterocycles. The van der Waals surface area contributed by atoms with Gasteiger partial charge in [0.2, 0.25) is 5.91 Å². The molecule has 0 rings (SSSR count). The fourth-order valence-electron chi connectivity index (χ4n) is 1.14. The molecule has 1 atom stereocenters. The minimum Gasteiger partial charge on any atom is -0.343 e. The zero-order valence-corrected chi connectivity index (χ0v) is 10.5. The Morgan fingerprint density at radius 3 is 2.71 bits per heavy atom. The van der Waals surface area contributed by atoms with Crippen LogP contribution in [0.1, 0.15) is 19.8 Å². The van der Waals surface area contributed by atoms with Gasteiger partial charge in [-0.05, 0) is 32.4 Å². The summed E-state index contributed by atoms with van der Waals surface area (Å²) in [7, 11) is 3.76. The van der Waals surface area contributed by atoms with E-state index in [1.165, 1.54) is 0 Å². The SMILES string of the molecule is CNCCC(=O)N(C)C(C)CCSC. The van der Waals surface area contributed by atoms with E-state index in [2.05, 4.69) is 18.5 Å². The van der Waals surface area contributed by atoms with Crippen molar-refractivity contribution in [1.82, 2.24) is 10.2 Å². The van der Waals surface area contributed by atoms with Crippen LogP contribution in [-0.2, 0) is 4.79 Å². The third kappa shape index (κ3) is 5.50. The highest BCUT2D eigenvalue weighted by Gasteiger charge is 2.14. The second-order valence-corrected chi connectivity index (χ2v) is 4.47. The lowest BCUT2D eigenvalue weighted by atomic mass is 10.2. The van der Waals surface area contributed by atoms with Gasteiger partial charge in [0, 0.05) is 26.1 Å². The summed E-state index contributed by atoms with van der Waals surface area (Å²) in [5.74, 6) is 1.35. The van der Waals surface area contributed by atoms with E-state index in [1.54, 1.807) is 0 Å². The monoisotopic (exact) mass is 218 g/mol. The van der Waals surface area contributed by atoms with Crippen molar-refractivity contribution in [2.75, 3.05) is 32.6 Å². The lowest BCUT2D eigenvalue weighted by Gasteiger charge is -2.24. The van der Waals surface area contributed by atoms with Crippen LogP contribution in [0.2, 0.25) is 0 Å². The van der Waals surface area contributed by atoms with Gasteiger partial charge in [-0.1, -0.05) is 0 Å². The van der Waals surface area contributed by atoms with E-state index < -0.39 is 0 Å². The van der Waals surface area contributed by atoms with Gasteiger partial charge in [0.05, 0.1) is 0 Å². The number of thioether (sulfide) groups is 1. The Hall–Kier alpha value is -0.220. The van der Waals surface area contributed by atoms with E-state index in [4.69, 9.17) is 0 Å². The van der Waals surface area contributed by atoms with Crippen LogP contribution in [0, 0.1) is 0 Å². The third-order valence-corrected chi connectivity index (χ3v) is 3.03. The van der Waals surface area contributed by atoms with Gasteiger partial charge in [0.25, 0.3) is 0 Å². The molecule has 0 saturated carbocycles. The smallest absolute Gasteiger partial charge is 0.223 e. The molecular weight excluding hydrogens is 196 g/mol. The highest BCUT2D eigenvalue weighted by atomic mass is 32.2. The predicted molar refractivity (Wildman–Crippen MR) is 63.8 cm³/mol. The first-order valence-corrected chi connectivity index (χ1v) is 6.42. The average molecular weight is 218 g/mol. The van der Waals surface area contributed by atoms with Gasteiger partial charge in [-0.2, -0.15) is 11.8 Å². The zero-order valence-electron chi connectivity index (χ0n) is 9.67. The Balaban J connectivity index is 3.78. The van der Waals surface area contributed by atoms with Crippen molar-refractivity contribution in [3.63, 3.8) is 0 Å². The van der Waals surface area contributed by atoms with Crippen LogP contribution in [0.3, 0.4) is 0 Å². The zero-order chi connectivity index (χ0) is 11.0. The van der Waals surface area contributed by atoms with E-state index in [-0.39, 0.29) is 5.91 Å². The number of nitrogens with zero attached hydrogens (tertiary/aromatic N) is 1. The van der Waals surface area contributed by atoms with E-state index in [1.807, 2.05) is 30.8 Å². The maximum Gasteiger partial charge on any atom is 0.223 e. The summed E-state index contributed by atoms with van der Waals surface area (Å²) in [6.07, 6.45) is 3.76. The van der Waals surface area contributed by atoms with Crippen LogP contribution in [0.4, 0.5) is 0 Å². The molecule has 0 bridgehead atoms. The molecule has 0 fully saturated rings. The van der Waals surface area contributed by atoms with Crippen LogP contribution in [0.15, 0.2) is 0 Å². The van der Waals surface area contributed by atoms with E-state index >= 15 is 0 Å². The molecule has 0 aliphatic heterocycles. The van der Waals surface area contributed by atoms with E-state index in [0.29, 0.717) is 12.5 Å². The molecule has 0 aliphatic carbocycles. The summed E-state index contributed by atoms with van der Waals surface area (Å²) in [5, 5.41) is 2.98. The summed E-state index contributed by atoms with van der Waals surface area (Å²) < 4.78 is 0. The molecular formula is C10H22N2OS. The lowest BCUT2D eigenvalue weighted by Crippen LogP contribution is -2.36. The second kappa shape index (κ2) is 8.12. The summed E-state index contributed by atoms with van der Waals surface area (Å²) in [5.41, 5.74) is 0. The van der Waals surface area contributed by atoms with Crippen LogP contribution in [0.5, 0.6) is 0 Å². The number of nitrogens with one attached hydrogen (secondary N) is 1. The topological polar surface area (TPSA) is 32.3 Å². The molecule has 0 aliphatic rings. The quantitative estimate of drug-likeness (QED) is 0.697. The molecule has 84 valence electrons. The summed E-state index contributed by atoms with van der Waals surface area (Å²) in [6.45, 7) is 2.87. The average Bonchev–Trinajstić information content (AvgIpc) is 2.21. The van der Waals surface area contributed by atoms with Crippen molar-refractivity contribution in [3.05, 3.63) is 0 Å². The molecule has 1 amide bonds. The van der Waals surface area contributed by atoms with Crippen LogP contribution >= 0.6 is 11.8 Å². The van der Waals surface area contributed by atoms with Crippen LogP contribution in [-0.4, -0.2) is 49.5 Å². The summed E-state index contributed by atoms with van der Waals surface area (Å²) in [4.78, 5) is 13.4. The van der Waals surface area contributed by atoms with Crippen LogP contribution < -0.4 is 5.32 Å². The molecule has 0 heterocycles. The van der Waals surface area contributed by atoms with E-state index in [9.17, 15) is 4.79 Å². The molecule has 4 heteroatoms. The van der Waals surface area contributed by atoms with Gasteiger partial charge in [-0.15, -0.1) is 0 Å². The molecule has 1 unspecified atom stereocenters. The second-order valence-electron chi connectivity index (χ2n) is 3.49. The molecule has 3 nitrogen and oxygen atoms in total. The predicted octanol–water partition coefficient (Wildman–Crippen LogP) is 1.20. The van der Waals surface area contributed by atoms with Gasteiger partial charge in [0.1, 0.15) is 0 Å². The first kappa shape index (κ1) is 13.8. The largest absolute Gasteiger partial charge is 0.343 e. The maximum atomic E-state index is 11.6. The van der Waals surface area contributed by atoms with Crippen molar-refractivity contribution < 1.29 is 4.79 Å². The number of rotatable bonds is 7. The molecule has 0 radical (unpaired) electrons. The number of carbonyl (C=O) groups is 1. The Labute approximate surface area is 91.6 Å². The Kier molecular flexibility index (Phi) is 7.99. The molecule has 1 N–H and O–H groups in total. The fraction of sp³-hybridized carbons (Fsp3) is 0.900. The van der Waals surface area contributed by atoms with Gasteiger partial charge < -0.3 is 10.2 Å². The Morgan fingerprint density at radius 1 is 1.57 bits per heavy atom. The first-order chi connectivity index (χ1) is 6.63. The number of carbonyl (C=O) groups excluding carboxylic acids is 1. The minimum atomic E-state index is 0.230. The molecule has 0 spiro atoms.